The first kappa shape index (κ1) is 38.9. The van der Waals surface area contributed by atoms with E-state index in [0.717, 1.165) is 67.1 Å². The van der Waals surface area contributed by atoms with E-state index in [1.54, 1.807) is 42.3 Å². The quantitative estimate of drug-likeness (QED) is 0.264. The number of halogens is 1. The van der Waals surface area contributed by atoms with Crippen molar-refractivity contribution in [2.24, 2.45) is 5.92 Å². The molecule has 4 rings (SSSR count). The lowest BCUT2D eigenvalue weighted by Crippen LogP contribution is -2.40. The van der Waals surface area contributed by atoms with Crippen LogP contribution in [-0.2, 0) is 20.9 Å². The summed E-state index contributed by atoms with van der Waals surface area (Å²) >= 11 is 0. The van der Waals surface area contributed by atoms with Gasteiger partial charge in [0.15, 0.2) is 0 Å². The number of amides is 1. The van der Waals surface area contributed by atoms with Crippen LogP contribution in [0.1, 0.15) is 59.8 Å². The molecule has 0 spiro atoms. The number of carboxylic acid groups (broad SMARTS) is 1. The average Bonchev–Trinajstić information content (AvgIpc) is 3.04. The molecule has 0 aliphatic carbocycles. The Morgan fingerprint density at radius 2 is 1.74 bits per heavy atom. The Balaban J connectivity index is 0.000000311. The molecule has 12 heteroatoms. The molecule has 256 valence electrons. The number of benzene rings is 1. The number of aliphatic carboxylic acids is 1. The van der Waals surface area contributed by atoms with Gasteiger partial charge in [0.05, 0.1) is 19.6 Å². The largest absolute Gasteiger partial charge is 0.481 e. The Hall–Kier alpha value is -4.26. The number of hydrogen-bond acceptors (Lipinski definition) is 8. The molecule has 47 heavy (non-hydrogen) atoms. The Kier molecular flexibility index (Phi) is 16.6. The van der Waals surface area contributed by atoms with Crippen molar-refractivity contribution in [2.45, 2.75) is 53.1 Å². The van der Waals surface area contributed by atoms with Crippen molar-refractivity contribution >= 4 is 18.7 Å². The fourth-order valence-corrected chi connectivity index (χ4v) is 5.24. The molecule has 1 saturated heterocycles. The Morgan fingerprint density at radius 1 is 1.09 bits per heavy atom. The minimum absolute atomic E-state index is 0.0248. The van der Waals surface area contributed by atoms with Crippen LogP contribution in [0.5, 0.6) is 0 Å². The number of aryl methyl sites for hydroxylation is 2. The molecular weight excluding hydrogens is 605 g/mol. The lowest BCUT2D eigenvalue weighted by molar-refractivity contribution is -0.137. The third kappa shape index (κ3) is 12.5. The molecule has 1 fully saturated rings. The van der Waals surface area contributed by atoms with Gasteiger partial charge in [-0.15, -0.1) is 0 Å². The summed E-state index contributed by atoms with van der Waals surface area (Å²) in [6, 6.07) is 7.93. The van der Waals surface area contributed by atoms with Gasteiger partial charge >= 0.3 is 5.97 Å². The number of carbonyl (C=O) groups excluding carboxylic acids is 2. The molecule has 3 heterocycles. The van der Waals surface area contributed by atoms with E-state index in [4.69, 9.17) is 14.6 Å². The van der Waals surface area contributed by atoms with Gasteiger partial charge in [-0.1, -0.05) is 13.8 Å². The van der Waals surface area contributed by atoms with Gasteiger partial charge in [-0.05, 0) is 85.8 Å². The van der Waals surface area contributed by atoms with Crippen molar-refractivity contribution in [3.8, 4) is 11.1 Å². The smallest absolute Gasteiger partial charge is 0.305 e. The van der Waals surface area contributed by atoms with Crippen LogP contribution in [-0.4, -0.2) is 84.7 Å². The fourth-order valence-electron chi connectivity index (χ4n) is 5.24. The first-order chi connectivity index (χ1) is 22.5. The van der Waals surface area contributed by atoms with Crippen LogP contribution in [0, 0.1) is 25.6 Å². The first-order valence-electron chi connectivity index (χ1n) is 15.7. The molecule has 2 aromatic heterocycles. The monoisotopic (exact) mass is 653 g/mol. The predicted molar refractivity (Wildman–Crippen MR) is 180 cm³/mol. The number of nitrogens with zero attached hydrogens (tertiary/aromatic N) is 3. The summed E-state index contributed by atoms with van der Waals surface area (Å²) in [7, 11) is 1.72. The summed E-state index contributed by atoms with van der Waals surface area (Å²) in [6.45, 7) is 15.2. The maximum atomic E-state index is 13.4. The van der Waals surface area contributed by atoms with Gasteiger partial charge < -0.3 is 29.8 Å². The molecule has 3 N–H and O–H groups in total. The van der Waals surface area contributed by atoms with Crippen LogP contribution < -0.4 is 16.2 Å². The third-order valence-electron chi connectivity index (χ3n) is 7.71. The van der Waals surface area contributed by atoms with Crippen LogP contribution >= 0.6 is 0 Å². The number of hydrogen-bond donors (Lipinski definition) is 3. The zero-order valence-corrected chi connectivity index (χ0v) is 28.1. The van der Waals surface area contributed by atoms with Crippen molar-refractivity contribution in [1.29, 1.82) is 0 Å². The second-order valence-electron chi connectivity index (χ2n) is 11.7. The van der Waals surface area contributed by atoms with E-state index in [0.29, 0.717) is 19.0 Å². The van der Waals surface area contributed by atoms with Gasteiger partial charge in [0.2, 0.25) is 0 Å². The molecule has 0 radical (unpaired) electrons. The zero-order chi connectivity index (χ0) is 34.9. The molecular formula is C35H48FN5O6. The average molecular weight is 654 g/mol. The maximum Gasteiger partial charge on any atom is 0.305 e. The van der Waals surface area contributed by atoms with Crippen LogP contribution in [0.4, 0.5) is 4.39 Å². The SMILES string of the molecule is C=O.CC(C)CCNC(=O)c1cccn(CCN2CCOCC2)c1=O.CN[C@@H](CC(=O)O)c1cncc(-c2c(C)cc(F)cc2C)c1. The summed E-state index contributed by atoms with van der Waals surface area (Å²) in [6.07, 6.45) is 5.99. The summed E-state index contributed by atoms with van der Waals surface area (Å²) in [5, 5.41) is 14.8. The van der Waals surface area contributed by atoms with Crippen molar-refractivity contribution < 1.29 is 28.6 Å². The number of ether oxygens (including phenoxy) is 1. The number of nitrogens with one attached hydrogen (secondary N) is 2. The normalized spacial score (nSPS) is 13.5. The fraction of sp³-hybridized carbons (Fsp3) is 0.457. The Labute approximate surface area is 276 Å². The summed E-state index contributed by atoms with van der Waals surface area (Å²) in [5.74, 6) is -0.895. The van der Waals surface area contributed by atoms with Gasteiger partial charge in [0.1, 0.15) is 18.2 Å². The lowest BCUT2D eigenvalue weighted by Gasteiger charge is -2.26. The highest BCUT2D eigenvalue weighted by Crippen LogP contribution is 2.29. The molecule has 1 aliphatic rings. The van der Waals surface area contributed by atoms with Gasteiger partial charge in [-0.2, -0.15) is 0 Å². The predicted octanol–water partition coefficient (Wildman–Crippen LogP) is 4.01. The number of pyridine rings is 2. The third-order valence-corrected chi connectivity index (χ3v) is 7.71. The van der Waals surface area contributed by atoms with Gasteiger partial charge in [-0.3, -0.25) is 24.3 Å². The molecule has 1 aliphatic heterocycles. The first-order valence-corrected chi connectivity index (χ1v) is 15.7. The highest BCUT2D eigenvalue weighted by molar-refractivity contribution is 5.93. The van der Waals surface area contributed by atoms with Crippen LogP contribution in [0.15, 0.2) is 53.7 Å². The van der Waals surface area contributed by atoms with E-state index < -0.39 is 5.97 Å². The maximum absolute atomic E-state index is 13.4. The van der Waals surface area contributed by atoms with Crippen molar-refractivity contribution in [1.82, 2.24) is 25.1 Å². The zero-order valence-electron chi connectivity index (χ0n) is 28.1. The summed E-state index contributed by atoms with van der Waals surface area (Å²) in [5.41, 5.74) is 4.25. The number of carbonyl (C=O) groups is 3. The van der Waals surface area contributed by atoms with E-state index >= 15 is 0 Å². The van der Waals surface area contributed by atoms with E-state index in [9.17, 15) is 18.8 Å². The molecule has 0 bridgehead atoms. The van der Waals surface area contributed by atoms with E-state index in [1.165, 1.54) is 12.1 Å². The minimum atomic E-state index is -0.876. The molecule has 1 atom stereocenters. The van der Waals surface area contributed by atoms with Crippen molar-refractivity contribution in [2.75, 3.05) is 46.4 Å². The van der Waals surface area contributed by atoms with Crippen LogP contribution in [0.2, 0.25) is 0 Å². The van der Waals surface area contributed by atoms with Crippen molar-refractivity contribution in [3.63, 3.8) is 0 Å². The van der Waals surface area contributed by atoms with Crippen LogP contribution in [0.3, 0.4) is 0 Å². The lowest BCUT2D eigenvalue weighted by atomic mass is 9.94. The van der Waals surface area contributed by atoms with E-state index in [2.05, 4.69) is 34.4 Å². The topological polar surface area (TPSA) is 143 Å². The molecule has 1 aromatic carbocycles. The highest BCUT2D eigenvalue weighted by atomic mass is 19.1. The molecule has 0 saturated carbocycles. The van der Waals surface area contributed by atoms with Crippen LogP contribution in [0.25, 0.3) is 11.1 Å². The standard InChI is InChI=1S/C17H19FN2O2.C17H27N3O3.CH2O/c1-10-4-14(18)5-11(2)17(10)13-6-12(8-20-9-13)15(19-3)7-16(21)22;1-14(2)5-6-18-16(21)15-4-3-7-20(17(15)22)9-8-19-10-12-23-13-11-19;1-2/h4-6,8-9,15,19H,7H2,1-3H3,(H,21,22);3-4,7,14H,5-6,8-13H2,1-2H3,(H,18,21);1H2/t15-;;/m0../s1. The van der Waals surface area contributed by atoms with Crippen molar-refractivity contribution in [3.05, 3.63) is 87.3 Å². The second kappa shape index (κ2) is 20.1. The Morgan fingerprint density at radius 3 is 2.34 bits per heavy atom. The molecule has 0 unspecified atom stereocenters. The molecule has 3 aromatic rings. The molecule has 1 amide bonds. The highest BCUT2D eigenvalue weighted by Gasteiger charge is 2.17. The minimum Gasteiger partial charge on any atom is -0.481 e. The van der Waals surface area contributed by atoms with Gasteiger partial charge in [-0.25, -0.2) is 4.39 Å². The second-order valence-corrected chi connectivity index (χ2v) is 11.7. The van der Waals surface area contributed by atoms with Gasteiger partial charge in [0, 0.05) is 62.9 Å². The summed E-state index contributed by atoms with van der Waals surface area (Å²) < 4.78 is 20.4. The Bertz CT molecular complexity index is 1480. The van der Waals surface area contributed by atoms with E-state index in [1.807, 2.05) is 26.7 Å². The molecule has 11 nitrogen and oxygen atoms in total. The number of aromatic nitrogens is 2. The number of carboxylic acids is 1. The summed E-state index contributed by atoms with van der Waals surface area (Å²) in [4.78, 5) is 50.0. The number of rotatable bonds is 12. The number of morpholine rings is 1. The van der Waals surface area contributed by atoms with Gasteiger partial charge in [0.25, 0.3) is 11.5 Å². The van der Waals surface area contributed by atoms with E-state index in [-0.39, 0.29) is 35.3 Å².